The Hall–Kier alpha value is -3.32. The summed E-state index contributed by atoms with van der Waals surface area (Å²) in [6, 6.07) is 14.2. The van der Waals surface area contributed by atoms with Gasteiger partial charge in [0.25, 0.3) is 5.91 Å². The second kappa shape index (κ2) is 9.93. The van der Waals surface area contributed by atoms with Crippen LogP contribution in [0.3, 0.4) is 0 Å². The minimum atomic E-state index is -0.553. The van der Waals surface area contributed by atoms with Gasteiger partial charge in [-0.2, -0.15) is 0 Å². The van der Waals surface area contributed by atoms with E-state index in [0.717, 1.165) is 11.1 Å². The van der Waals surface area contributed by atoms with E-state index in [1.807, 2.05) is 19.1 Å². The van der Waals surface area contributed by atoms with Crippen LogP contribution in [0.25, 0.3) is 0 Å². The van der Waals surface area contributed by atoms with E-state index in [1.165, 1.54) is 6.39 Å². The minimum absolute atomic E-state index is 0.148. The molecule has 7 nitrogen and oxygen atoms in total. The quantitative estimate of drug-likeness (QED) is 0.579. The Labute approximate surface area is 179 Å². The summed E-state index contributed by atoms with van der Waals surface area (Å²) in [6.07, 6.45) is 1.36. The lowest BCUT2D eigenvalue weighted by atomic mass is 10.2. The van der Waals surface area contributed by atoms with Crippen LogP contribution >= 0.6 is 11.6 Å². The van der Waals surface area contributed by atoms with Crippen molar-refractivity contribution in [1.29, 1.82) is 0 Å². The maximum Gasteiger partial charge on any atom is 0.411 e. The molecule has 0 aliphatic carbocycles. The molecular formula is C22H22ClN3O4. The first-order valence-corrected chi connectivity index (χ1v) is 9.79. The van der Waals surface area contributed by atoms with Gasteiger partial charge in [-0.1, -0.05) is 42.8 Å². The lowest BCUT2D eigenvalue weighted by Crippen LogP contribution is -2.26. The molecule has 0 spiro atoms. The summed E-state index contributed by atoms with van der Waals surface area (Å²) >= 11 is 5.83. The number of amides is 2. The van der Waals surface area contributed by atoms with Gasteiger partial charge in [-0.3, -0.25) is 10.1 Å². The molecule has 0 unspecified atom stereocenters. The molecule has 156 valence electrons. The lowest BCUT2D eigenvalue weighted by molar-refractivity contribution is 0.0752. The Kier molecular flexibility index (Phi) is 7.08. The van der Waals surface area contributed by atoms with Gasteiger partial charge in [0.05, 0.1) is 5.69 Å². The van der Waals surface area contributed by atoms with Crippen LogP contribution in [0.1, 0.15) is 34.3 Å². The number of benzene rings is 2. The first-order valence-electron chi connectivity index (χ1n) is 9.41. The van der Waals surface area contributed by atoms with E-state index in [4.69, 9.17) is 20.8 Å². The zero-order valence-electron chi connectivity index (χ0n) is 16.7. The smallest absolute Gasteiger partial charge is 0.411 e. The molecule has 0 bridgehead atoms. The normalized spacial score (nSPS) is 10.5. The van der Waals surface area contributed by atoms with Gasteiger partial charge >= 0.3 is 6.09 Å². The third-order valence-corrected chi connectivity index (χ3v) is 4.67. The van der Waals surface area contributed by atoms with Crippen LogP contribution in [0.2, 0.25) is 5.02 Å². The van der Waals surface area contributed by atoms with Crippen LogP contribution in [0.15, 0.2) is 59.3 Å². The van der Waals surface area contributed by atoms with E-state index in [-0.39, 0.29) is 18.3 Å². The second-order valence-corrected chi connectivity index (χ2v) is 7.10. The molecule has 0 aliphatic heterocycles. The zero-order valence-corrected chi connectivity index (χ0v) is 17.5. The Morgan fingerprint density at radius 2 is 1.77 bits per heavy atom. The van der Waals surface area contributed by atoms with E-state index in [2.05, 4.69) is 10.3 Å². The number of hydrogen-bond donors (Lipinski definition) is 1. The highest BCUT2D eigenvalue weighted by Crippen LogP contribution is 2.15. The van der Waals surface area contributed by atoms with E-state index in [0.29, 0.717) is 29.4 Å². The maximum atomic E-state index is 12.5. The number of nitrogens with zero attached hydrogens (tertiary/aromatic N) is 2. The SMILES string of the molecule is CCc1ncoc1C(=O)N(C)Cc1ccc(NC(=O)OCc2ccc(Cl)cc2)cc1. The number of hydrogen-bond acceptors (Lipinski definition) is 5. The molecule has 3 rings (SSSR count). The highest BCUT2D eigenvalue weighted by atomic mass is 35.5. The van der Waals surface area contributed by atoms with E-state index in [1.54, 1.807) is 48.3 Å². The summed E-state index contributed by atoms with van der Waals surface area (Å²) in [4.78, 5) is 30.1. The van der Waals surface area contributed by atoms with Crippen molar-refractivity contribution in [2.45, 2.75) is 26.5 Å². The van der Waals surface area contributed by atoms with Crippen molar-refractivity contribution in [3.63, 3.8) is 0 Å². The molecule has 1 aromatic heterocycles. The molecular weight excluding hydrogens is 406 g/mol. The molecule has 3 aromatic rings. The van der Waals surface area contributed by atoms with Gasteiger partial charge in [0, 0.05) is 24.3 Å². The van der Waals surface area contributed by atoms with Gasteiger partial charge in [0.2, 0.25) is 5.76 Å². The first kappa shape index (κ1) is 21.4. The van der Waals surface area contributed by atoms with Gasteiger partial charge in [0.15, 0.2) is 6.39 Å². The Morgan fingerprint density at radius 3 is 2.43 bits per heavy atom. The monoisotopic (exact) mass is 427 g/mol. The van der Waals surface area contributed by atoms with Crippen LogP contribution in [-0.2, 0) is 24.3 Å². The average molecular weight is 428 g/mol. The summed E-state index contributed by atoms with van der Waals surface area (Å²) in [5.41, 5.74) is 2.99. The van der Waals surface area contributed by atoms with Crippen LogP contribution in [0, 0.1) is 0 Å². The number of ether oxygens (including phenoxy) is 1. The van der Waals surface area contributed by atoms with Crippen LogP contribution in [0.4, 0.5) is 10.5 Å². The average Bonchev–Trinajstić information content (AvgIpc) is 3.23. The topological polar surface area (TPSA) is 84.7 Å². The number of carbonyl (C=O) groups excluding carboxylic acids is 2. The summed E-state index contributed by atoms with van der Waals surface area (Å²) < 4.78 is 10.4. The first-order chi connectivity index (χ1) is 14.5. The molecule has 0 radical (unpaired) electrons. The molecule has 2 amide bonds. The van der Waals surface area contributed by atoms with Crippen molar-refractivity contribution in [2.24, 2.45) is 0 Å². The number of carbonyl (C=O) groups is 2. The van der Waals surface area contributed by atoms with Crippen molar-refractivity contribution in [3.8, 4) is 0 Å². The van der Waals surface area contributed by atoms with Crippen molar-refractivity contribution in [3.05, 3.63) is 82.5 Å². The molecule has 1 N–H and O–H groups in total. The predicted octanol–water partition coefficient (Wildman–Crippen LogP) is 4.91. The third-order valence-electron chi connectivity index (χ3n) is 4.42. The van der Waals surface area contributed by atoms with Crippen LogP contribution < -0.4 is 5.32 Å². The summed E-state index contributed by atoms with van der Waals surface area (Å²) in [6.45, 7) is 2.46. The number of anilines is 1. The van der Waals surface area contributed by atoms with Gasteiger partial charge in [0.1, 0.15) is 6.61 Å². The Morgan fingerprint density at radius 1 is 1.10 bits per heavy atom. The Balaban J connectivity index is 1.51. The highest BCUT2D eigenvalue weighted by molar-refractivity contribution is 6.30. The van der Waals surface area contributed by atoms with Gasteiger partial charge < -0.3 is 14.1 Å². The van der Waals surface area contributed by atoms with Crippen LogP contribution in [0.5, 0.6) is 0 Å². The maximum absolute atomic E-state index is 12.5. The molecule has 8 heteroatoms. The third kappa shape index (κ3) is 5.61. The molecule has 0 aliphatic rings. The molecule has 2 aromatic carbocycles. The van der Waals surface area contributed by atoms with Gasteiger partial charge in [-0.05, 0) is 41.8 Å². The summed E-state index contributed by atoms with van der Waals surface area (Å²) in [7, 11) is 1.70. The molecule has 0 saturated heterocycles. The molecule has 0 atom stereocenters. The summed E-state index contributed by atoms with van der Waals surface area (Å²) in [5, 5.41) is 3.30. The number of nitrogens with one attached hydrogen (secondary N) is 1. The largest absolute Gasteiger partial charge is 0.444 e. The number of aromatic nitrogens is 1. The fourth-order valence-electron chi connectivity index (χ4n) is 2.79. The minimum Gasteiger partial charge on any atom is -0.444 e. The predicted molar refractivity (Wildman–Crippen MR) is 113 cm³/mol. The van der Waals surface area contributed by atoms with Crippen molar-refractivity contribution >= 4 is 29.3 Å². The standard InChI is InChI=1S/C22H22ClN3O4/c1-3-19-20(30-14-24-19)21(27)26(2)12-15-6-10-18(11-7-15)25-22(28)29-13-16-4-8-17(23)9-5-16/h4-11,14H,3,12-13H2,1-2H3,(H,25,28). The molecule has 0 saturated carbocycles. The molecule has 30 heavy (non-hydrogen) atoms. The van der Waals surface area contributed by atoms with Gasteiger partial charge in [-0.15, -0.1) is 0 Å². The van der Waals surface area contributed by atoms with E-state index in [9.17, 15) is 9.59 Å². The fourth-order valence-corrected chi connectivity index (χ4v) is 2.92. The molecule has 1 heterocycles. The zero-order chi connectivity index (χ0) is 21.5. The highest BCUT2D eigenvalue weighted by Gasteiger charge is 2.20. The van der Waals surface area contributed by atoms with Crippen molar-refractivity contribution in [2.75, 3.05) is 12.4 Å². The Bertz CT molecular complexity index is 1000. The number of rotatable bonds is 7. The second-order valence-electron chi connectivity index (χ2n) is 6.67. The van der Waals surface area contributed by atoms with E-state index >= 15 is 0 Å². The van der Waals surface area contributed by atoms with Crippen LogP contribution in [-0.4, -0.2) is 28.9 Å². The summed E-state index contributed by atoms with van der Waals surface area (Å²) in [5.74, 6) is 0.0408. The fraction of sp³-hybridized carbons (Fsp3) is 0.227. The molecule has 0 fully saturated rings. The number of halogens is 1. The lowest BCUT2D eigenvalue weighted by Gasteiger charge is -2.16. The van der Waals surface area contributed by atoms with Crippen molar-refractivity contribution < 1.29 is 18.7 Å². The van der Waals surface area contributed by atoms with Crippen molar-refractivity contribution in [1.82, 2.24) is 9.88 Å². The number of oxazole rings is 1. The van der Waals surface area contributed by atoms with E-state index < -0.39 is 6.09 Å². The number of aryl methyl sites for hydroxylation is 1. The van der Waals surface area contributed by atoms with Gasteiger partial charge in [-0.25, -0.2) is 9.78 Å².